The fourth-order valence-corrected chi connectivity index (χ4v) is 0. The van der Waals surface area contributed by atoms with Gasteiger partial charge in [0.2, 0.25) is 0 Å². The van der Waals surface area contributed by atoms with E-state index in [1.165, 1.54) is 0 Å². The van der Waals surface area contributed by atoms with E-state index in [-0.39, 0.29) is 77.6 Å². The van der Waals surface area contributed by atoms with Gasteiger partial charge in [0.15, 0.2) is 0 Å². The molecule has 0 aliphatic heterocycles. The second-order valence-corrected chi connectivity index (χ2v) is 0. The summed E-state index contributed by atoms with van der Waals surface area (Å²) in [6, 6.07) is 0. The minimum atomic E-state index is 0. The van der Waals surface area contributed by atoms with Gasteiger partial charge in [-0.05, 0) is 0 Å². The summed E-state index contributed by atoms with van der Waals surface area (Å²) >= 11 is 0. The van der Waals surface area contributed by atoms with Gasteiger partial charge in [0.05, 0.1) is 0 Å². The van der Waals surface area contributed by atoms with E-state index < -0.39 is 0 Å². The van der Waals surface area contributed by atoms with E-state index >= 15 is 0 Å². The van der Waals surface area contributed by atoms with Gasteiger partial charge in [-0.1, -0.05) is 0 Å². The average molecular weight is 257 g/mol. The number of halogens is 3. The zero-order valence-electron chi connectivity index (χ0n) is 1.54. The van der Waals surface area contributed by atoms with Crippen LogP contribution in [0.3, 0.4) is 0 Å². The zero-order valence-corrected chi connectivity index (χ0v) is 6.43. The standard InChI is InChI=1S/3ClH.Sm/h3*1H;/p-3. The third kappa shape index (κ3) is 8.88. The summed E-state index contributed by atoms with van der Waals surface area (Å²) in [5.41, 5.74) is 0. The van der Waals surface area contributed by atoms with Crippen molar-refractivity contribution in [1.82, 2.24) is 0 Å². The summed E-state index contributed by atoms with van der Waals surface area (Å²) in [6.07, 6.45) is 0. The van der Waals surface area contributed by atoms with Gasteiger partial charge < -0.3 is 37.2 Å². The Morgan fingerprint density at radius 1 is 0.500 bits per heavy atom. The molecule has 0 aliphatic rings. The van der Waals surface area contributed by atoms with Crippen molar-refractivity contribution < 1.29 is 77.6 Å². The van der Waals surface area contributed by atoms with Crippen LogP contribution in [0.2, 0.25) is 0 Å². The van der Waals surface area contributed by atoms with E-state index in [4.69, 9.17) is 0 Å². The van der Waals surface area contributed by atoms with E-state index in [1.54, 1.807) is 0 Å². The van der Waals surface area contributed by atoms with Gasteiger partial charge >= 0.3 is 0 Å². The molecule has 4 heavy (non-hydrogen) atoms. The molecule has 0 aliphatic carbocycles. The molecule has 0 N–H and O–H groups in total. The first-order chi connectivity index (χ1) is 0. The van der Waals surface area contributed by atoms with Gasteiger partial charge in [0.25, 0.3) is 0 Å². The summed E-state index contributed by atoms with van der Waals surface area (Å²) in [6.45, 7) is 0. The van der Waals surface area contributed by atoms with Gasteiger partial charge in [0.1, 0.15) is 0 Å². The van der Waals surface area contributed by atoms with Crippen LogP contribution in [0, 0.1) is 40.4 Å². The van der Waals surface area contributed by atoms with Crippen LogP contribution in [0.15, 0.2) is 0 Å². The van der Waals surface area contributed by atoms with Crippen LogP contribution < -0.4 is 37.2 Å². The Labute approximate surface area is 76.4 Å². The molecule has 0 heterocycles. The maximum Gasteiger partial charge on any atom is 0 e. The van der Waals surface area contributed by atoms with Crippen molar-refractivity contribution in [3.63, 3.8) is 0 Å². The van der Waals surface area contributed by atoms with Crippen LogP contribution in [0.1, 0.15) is 0 Å². The monoisotopic (exact) mass is 257 g/mol. The molecule has 0 atom stereocenters. The van der Waals surface area contributed by atoms with Gasteiger partial charge in [-0.15, -0.1) is 0 Å². The SMILES string of the molecule is [Cl-].[Cl-].[Cl-].[Sm]. The molecule has 0 rings (SSSR count). The Bertz CT molecular complexity index is 3.25. The average Bonchev–Trinajstić information content (AvgIpc) is 0. The molecule has 0 spiro atoms. The molecule has 4 heteroatoms. The van der Waals surface area contributed by atoms with Crippen LogP contribution in [0.25, 0.3) is 0 Å². The van der Waals surface area contributed by atoms with Crippen LogP contribution >= 0.6 is 0 Å². The Hall–Kier alpha value is 2.21. The van der Waals surface area contributed by atoms with Gasteiger partial charge in [0, 0.05) is 40.4 Å². The first kappa shape index (κ1) is 34.5. The van der Waals surface area contributed by atoms with Crippen LogP contribution in [0.4, 0.5) is 0 Å². The largest absolute Gasteiger partial charge is 1.00 e. The third-order valence-corrected chi connectivity index (χ3v) is 0. The quantitative estimate of drug-likeness (QED) is 0.404. The normalized spacial score (nSPS) is 0. The predicted octanol–water partition coefficient (Wildman–Crippen LogP) is -8.99. The molecular weight excluding hydrogens is 257 g/mol. The maximum atomic E-state index is 0. The molecule has 0 bridgehead atoms. The molecule has 0 amide bonds. The zero-order chi connectivity index (χ0) is 0. The summed E-state index contributed by atoms with van der Waals surface area (Å²) in [5.74, 6) is 0. The van der Waals surface area contributed by atoms with Crippen molar-refractivity contribution in [1.29, 1.82) is 0 Å². The molecule has 0 nitrogen and oxygen atoms in total. The van der Waals surface area contributed by atoms with Crippen LogP contribution in [0.5, 0.6) is 0 Å². The van der Waals surface area contributed by atoms with E-state index in [9.17, 15) is 0 Å². The summed E-state index contributed by atoms with van der Waals surface area (Å²) in [5, 5.41) is 0. The molecule has 0 aromatic rings. The molecule has 0 unspecified atom stereocenters. The molecule has 0 radical (unpaired) electrons. The first-order valence-electron chi connectivity index (χ1n) is 0. The summed E-state index contributed by atoms with van der Waals surface area (Å²) in [7, 11) is 0. The van der Waals surface area contributed by atoms with Crippen molar-refractivity contribution in [2.75, 3.05) is 0 Å². The Morgan fingerprint density at radius 2 is 0.500 bits per heavy atom. The minimum absolute atomic E-state index is 0. The predicted molar refractivity (Wildman–Crippen MR) is 0 cm³/mol. The van der Waals surface area contributed by atoms with Crippen LogP contribution in [-0.4, -0.2) is 0 Å². The Balaban J connectivity index is 0. The number of hydrogen-bond donors (Lipinski definition) is 0. The molecule has 0 saturated carbocycles. The molecule has 0 aromatic heterocycles. The van der Waals surface area contributed by atoms with E-state index in [1.807, 2.05) is 0 Å². The fraction of sp³-hybridized carbons (Fsp3) is 0. The molecule has 0 fully saturated rings. The van der Waals surface area contributed by atoms with E-state index in [0.717, 1.165) is 0 Å². The molecular formula is Cl3Sm-3. The Morgan fingerprint density at radius 3 is 0.500 bits per heavy atom. The Kier molecular flexibility index (Phi) is 163. The summed E-state index contributed by atoms with van der Waals surface area (Å²) in [4.78, 5) is 0. The minimum Gasteiger partial charge on any atom is -1.00 e. The smallest absolute Gasteiger partial charge is 0 e. The molecule has 0 saturated heterocycles. The number of hydrogen-bond acceptors (Lipinski definition) is 0. The fourth-order valence-electron chi connectivity index (χ4n) is 0. The molecule has 0 aromatic carbocycles. The topological polar surface area (TPSA) is 0 Å². The van der Waals surface area contributed by atoms with Gasteiger partial charge in [-0.25, -0.2) is 0 Å². The van der Waals surface area contributed by atoms with Crippen LogP contribution in [-0.2, 0) is 0 Å². The second kappa shape index (κ2) is 18.9. The van der Waals surface area contributed by atoms with Crippen molar-refractivity contribution >= 4 is 0 Å². The number of rotatable bonds is 0. The van der Waals surface area contributed by atoms with Crippen molar-refractivity contribution in [2.24, 2.45) is 0 Å². The summed E-state index contributed by atoms with van der Waals surface area (Å²) < 4.78 is 0. The second-order valence-electron chi connectivity index (χ2n) is 0. The van der Waals surface area contributed by atoms with Crippen molar-refractivity contribution in [3.05, 3.63) is 0 Å². The maximum absolute atomic E-state index is 0. The third-order valence-electron chi connectivity index (χ3n) is 0. The van der Waals surface area contributed by atoms with E-state index in [0.29, 0.717) is 0 Å². The van der Waals surface area contributed by atoms with Crippen molar-refractivity contribution in [3.8, 4) is 0 Å². The van der Waals surface area contributed by atoms with E-state index in [2.05, 4.69) is 0 Å². The molecule has 30 valence electrons. The van der Waals surface area contributed by atoms with Crippen molar-refractivity contribution in [2.45, 2.75) is 0 Å². The van der Waals surface area contributed by atoms with Gasteiger partial charge in [-0.3, -0.25) is 0 Å². The first-order valence-corrected chi connectivity index (χ1v) is 0. The van der Waals surface area contributed by atoms with Gasteiger partial charge in [-0.2, -0.15) is 0 Å².